The molecule has 0 aliphatic carbocycles. The van der Waals surface area contributed by atoms with Crippen molar-refractivity contribution in [2.24, 2.45) is 0 Å². The topological polar surface area (TPSA) is 76.2 Å². The van der Waals surface area contributed by atoms with Crippen molar-refractivity contribution in [3.8, 4) is 11.5 Å². The fourth-order valence-electron chi connectivity index (χ4n) is 2.24. The standard InChI is InChI=1S/C18H18N2O3S/c1-13-2-8-16(9-3-13)18-20-19-17(23-18)12-24(22)11-15-6-4-14(10-21)5-7-15/h2-9,21H,10-12H2,1H3. The van der Waals surface area contributed by atoms with Crippen LogP contribution in [0.25, 0.3) is 11.5 Å². The summed E-state index contributed by atoms with van der Waals surface area (Å²) in [7, 11) is -1.14. The van der Waals surface area contributed by atoms with E-state index in [2.05, 4.69) is 10.2 Å². The minimum absolute atomic E-state index is 0.00708. The van der Waals surface area contributed by atoms with Crippen LogP contribution in [-0.2, 0) is 28.9 Å². The first-order valence-corrected chi connectivity index (χ1v) is 9.06. The maximum absolute atomic E-state index is 12.3. The Hall–Kier alpha value is -2.31. The molecule has 3 aromatic rings. The summed E-state index contributed by atoms with van der Waals surface area (Å²) in [6.45, 7) is 2.02. The van der Waals surface area contributed by atoms with Crippen molar-refractivity contribution in [3.63, 3.8) is 0 Å². The maximum Gasteiger partial charge on any atom is 0.247 e. The van der Waals surface area contributed by atoms with Gasteiger partial charge < -0.3 is 9.52 Å². The van der Waals surface area contributed by atoms with Crippen LogP contribution < -0.4 is 0 Å². The van der Waals surface area contributed by atoms with Crippen molar-refractivity contribution in [1.29, 1.82) is 0 Å². The molecule has 3 rings (SSSR count). The molecule has 0 fully saturated rings. The molecule has 0 spiro atoms. The third-order valence-corrected chi connectivity index (χ3v) is 4.81. The molecule has 2 aromatic carbocycles. The molecule has 0 amide bonds. The van der Waals surface area contributed by atoms with Crippen molar-refractivity contribution in [2.45, 2.75) is 25.0 Å². The third-order valence-electron chi connectivity index (χ3n) is 3.58. The lowest BCUT2D eigenvalue weighted by Gasteiger charge is -2.02. The Bertz CT molecular complexity index is 826. The predicted octanol–water partition coefficient (Wildman–Crippen LogP) is 2.99. The van der Waals surface area contributed by atoms with Crippen molar-refractivity contribution in [1.82, 2.24) is 10.2 Å². The van der Waals surface area contributed by atoms with Gasteiger partial charge in [0.1, 0.15) is 5.75 Å². The number of nitrogens with zero attached hydrogens (tertiary/aromatic N) is 2. The number of aromatic nitrogens is 2. The molecule has 0 aliphatic heterocycles. The highest BCUT2D eigenvalue weighted by Gasteiger charge is 2.12. The number of hydrogen-bond acceptors (Lipinski definition) is 5. The minimum Gasteiger partial charge on any atom is -0.420 e. The molecule has 1 aromatic heterocycles. The van der Waals surface area contributed by atoms with E-state index in [0.717, 1.165) is 22.3 Å². The molecule has 6 heteroatoms. The summed E-state index contributed by atoms with van der Waals surface area (Å²) in [4.78, 5) is 0. The van der Waals surface area contributed by atoms with E-state index in [9.17, 15) is 4.21 Å². The summed E-state index contributed by atoms with van der Waals surface area (Å²) >= 11 is 0. The predicted molar refractivity (Wildman–Crippen MR) is 92.4 cm³/mol. The normalized spacial score (nSPS) is 12.2. The Morgan fingerprint density at radius 1 is 0.958 bits per heavy atom. The minimum atomic E-state index is -1.14. The second-order valence-electron chi connectivity index (χ2n) is 5.57. The molecular weight excluding hydrogens is 324 g/mol. The highest BCUT2D eigenvalue weighted by atomic mass is 32.2. The molecule has 124 valence electrons. The Kier molecular flexibility index (Phi) is 5.17. The molecule has 5 nitrogen and oxygen atoms in total. The lowest BCUT2D eigenvalue weighted by Crippen LogP contribution is -2.00. The van der Waals surface area contributed by atoms with Crippen LogP contribution in [0.1, 0.15) is 22.6 Å². The lowest BCUT2D eigenvalue weighted by molar-refractivity contribution is 0.282. The molecule has 0 radical (unpaired) electrons. The lowest BCUT2D eigenvalue weighted by atomic mass is 10.1. The van der Waals surface area contributed by atoms with E-state index in [1.807, 2.05) is 55.5 Å². The smallest absolute Gasteiger partial charge is 0.247 e. The summed E-state index contributed by atoms with van der Waals surface area (Å²) < 4.78 is 17.9. The quantitative estimate of drug-likeness (QED) is 0.745. The number of rotatable bonds is 6. The average molecular weight is 342 g/mol. The van der Waals surface area contributed by atoms with Gasteiger partial charge in [-0.15, -0.1) is 10.2 Å². The van der Waals surface area contributed by atoms with Gasteiger partial charge in [0.2, 0.25) is 11.8 Å². The van der Waals surface area contributed by atoms with E-state index in [-0.39, 0.29) is 12.4 Å². The van der Waals surface area contributed by atoms with Crippen molar-refractivity contribution < 1.29 is 13.7 Å². The first-order valence-electron chi connectivity index (χ1n) is 7.57. The van der Waals surface area contributed by atoms with Gasteiger partial charge in [0.15, 0.2) is 0 Å². The van der Waals surface area contributed by atoms with Crippen LogP contribution in [0, 0.1) is 6.92 Å². The van der Waals surface area contributed by atoms with E-state index >= 15 is 0 Å². The molecule has 0 aliphatic rings. The van der Waals surface area contributed by atoms with Gasteiger partial charge in [0.25, 0.3) is 0 Å². The molecule has 0 saturated carbocycles. The fraction of sp³-hybridized carbons (Fsp3) is 0.222. The Labute approximate surface area is 142 Å². The Balaban J connectivity index is 1.63. The van der Waals surface area contributed by atoms with Gasteiger partial charge in [0, 0.05) is 22.1 Å². The van der Waals surface area contributed by atoms with Gasteiger partial charge in [-0.3, -0.25) is 4.21 Å². The van der Waals surface area contributed by atoms with Gasteiger partial charge in [-0.25, -0.2) is 0 Å². The molecule has 0 bridgehead atoms. The van der Waals surface area contributed by atoms with E-state index in [1.54, 1.807) is 0 Å². The first kappa shape index (κ1) is 16.5. The fourth-order valence-corrected chi connectivity index (χ4v) is 3.30. The summed E-state index contributed by atoms with van der Waals surface area (Å²) in [6.07, 6.45) is 0. The van der Waals surface area contributed by atoms with Gasteiger partial charge in [-0.1, -0.05) is 42.0 Å². The maximum atomic E-state index is 12.3. The van der Waals surface area contributed by atoms with Gasteiger partial charge >= 0.3 is 0 Å². The Morgan fingerprint density at radius 2 is 1.62 bits per heavy atom. The SMILES string of the molecule is Cc1ccc(-c2nnc(CS(=O)Cc3ccc(CO)cc3)o2)cc1. The van der Waals surface area contributed by atoms with Crippen molar-refractivity contribution in [2.75, 3.05) is 0 Å². The number of aliphatic hydroxyl groups is 1. The molecule has 1 heterocycles. The largest absolute Gasteiger partial charge is 0.420 e. The van der Waals surface area contributed by atoms with Crippen LogP contribution in [0.5, 0.6) is 0 Å². The Morgan fingerprint density at radius 3 is 2.29 bits per heavy atom. The second-order valence-corrected chi connectivity index (χ2v) is 7.03. The van der Waals surface area contributed by atoms with E-state index in [4.69, 9.17) is 9.52 Å². The number of aliphatic hydroxyl groups excluding tert-OH is 1. The van der Waals surface area contributed by atoms with E-state index < -0.39 is 10.8 Å². The monoisotopic (exact) mass is 342 g/mol. The second kappa shape index (κ2) is 7.51. The first-order chi connectivity index (χ1) is 11.6. The zero-order valence-electron chi connectivity index (χ0n) is 13.3. The number of hydrogen-bond donors (Lipinski definition) is 1. The molecular formula is C18H18N2O3S. The van der Waals surface area contributed by atoms with Crippen LogP contribution in [0.3, 0.4) is 0 Å². The average Bonchev–Trinajstić information content (AvgIpc) is 3.04. The highest BCUT2D eigenvalue weighted by Crippen LogP contribution is 2.19. The van der Waals surface area contributed by atoms with Crippen LogP contribution in [-0.4, -0.2) is 19.5 Å². The molecule has 24 heavy (non-hydrogen) atoms. The van der Waals surface area contributed by atoms with Crippen LogP contribution in [0.2, 0.25) is 0 Å². The molecule has 1 unspecified atom stereocenters. The van der Waals surface area contributed by atoms with Crippen molar-refractivity contribution >= 4 is 10.8 Å². The molecule has 1 N–H and O–H groups in total. The summed E-state index contributed by atoms with van der Waals surface area (Å²) in [5, 5.41) is 17.0. The highest BCUT2D eigenvalue weighted by molar-refractivity contribution is 7.83. The van der Waals surface area contributed by atoms with Gasteiger partial charge in [-0.05, 0) is 30.2 Å². The van der Waals surface area contributed by atoms with Gasteiger partial charge in [-0.2, -0.15) is 0 Å². The van der Waals surface area contributed by atoms with Crippen LogP contribution in [0.4, 0.5) is 0 Å². The number of aryl methyl sites for hydroxylation is 1. The third kappa shape index (κ3) is 4.15. The van der Waals surface area contributed by atoms with Crippen LogP contribution >= 0.6 is 0 Å². The zero-order valence-corrected chi connectivity index (χ0v) is 14.1. The number of benzene rings is 2. The van der Waals surface area contributed by atoms with Gasteiger partial charge in [0.05, 0.1) is 6.61 Å². The molecule has 0 saturated heterocycles. The summed E-state index contributed by atoms with van der Waals surface area (Å²) in [6, 6.07) is 15.2. The van der Waals surface area contributed by atoms with Crippen LogP contribution in [0.15, 0.2) is 52.9 Å². The van der Waals surface area contributed by atoms with E-state index in [1.165, 1.54) is 0 Å². The molecule has 1 atom stereocenters. The summed E-state index contributed by atoms with van der Waals surface area (Å²) in [5.41, 5.74) is 3.80. The summed E-state index contributed by atoms with van der Waals surface area (Å²) in [5.74, 6) is 1.44. The van der Waals surface area contributed by atoms with Crippen molar-refractivity contribution in [3.05, 3.63) is 71.1 Å². The zero-order chi connectivity index (χ0) is 16.9. The van der Waals surface area contributed by atoms with E-state index in [0.29, 0.717) is 17.5 Å².